The molecule has 37 heavy (non-hydrogen) atoms. The van der Waals surface area contributed by atoms with Crippen LogP contribution >= 0.6 is 11.8 Å². The highest BCUT2D eigenvalue weighted by Crippen LogP contribution is 2.71. The maximum atomic E-state index is 14.3. The first-order valence-electron chi connectivity index (χ1n) is 13.2. The number of esters is 1. The van der Waals surface area contributed by atoms with Crippen LogP contribution in [0.25, 0.3) is 0 Å². The Hall–Kier alpha value is -2.58. The molecule has 200 valence electrons. The number of rotatable bonds is 13. The first kappa shape index (κ1) is 27.5. The van der Waals surface area contributed by atoms with E-state index >= 15 is 0 Å². The number of benzene rings is 1. The van der Waals surface area contributed by atoms with Gasteiger partial charge in [0.2, 0.25) is 11.8 Å². The van der Waals surface area contributed by atoms with Crippen molar-refractivity contribution in [1.29, 1.82) is 0 Å². The average molecular weight is 527 g/mol. The van der Waals surface area contributed by atoms with Crippen LogP contribution < -0.4 is 0 Å². The Morgan fingerprint density at radius 3 is 2.65 bits per heavy atom. The Morgan fingerprint density at radius 2 is 1.97 bits per heavy atom. The van der Waals surface area contributed by atoms with E-state index in [9.17, 15) is 19.5 Å². The predicted octanol–water partition coefficient (Wildman–Crippen LogP) is 3.57. The third-order valence-corrected chi connectivity index (χ3v) is 10.0. The number of aliphatic hydroxyl groups excluding tert-OH is 1. The highest BCUT2D eigenvalue weighted by Gasteiger charge is 2.77. The summed E-state index contributed by atoms with van der Waals surface area (Å²) in [6.07, 6.45) is 6.54. The molecule has 1 N–H and O–H groups in total. The number of nitrogens with zero attached hydrogens (tertiary/aromatic N) is 2. The Morgan fingerprint density at radius 1 is 1.22 bits per heavy atom. The summed E-state index contributed by atoms with van der Waals surface area (Å²) in [5.41, 5.74) is 1.00. The number of thioether (sulfide) groups is 1. The van der Waals surface area contributed by atoms with E-state index in [0.717, 1.165) is 12.0 Å². The van der Waals surface area contributed by atoms with Crippen LogP contribution in [0.1, 0.15) is 44.6 Å². The zero-order chi connectivity index (χ0) is 26.6. The number of amides is 2. The van der Waals surface area contributed by atoms with Crippen molar-refractivity contribution in [1.82, 2.24) is 9.80 Å². The van der Waals surface area contributed by atoms with Gasteiger partial charge in [-0.25, -0.2) is 0 Å². The quantitative estimate of drug-likeness (QED) is 0.240. The van der Waals surface area contributed by atoms with Gasteiger partial charge < -0.3 is 19.6 Å². The van der Waals surface area contributed by atoms with E-state index in [0.29, 0.717) is 45.3 Å². The summed E-state index contributed by atoms with van der Waals surface area (Å²) in [6, 6.07) is 9.11. The lowest BCUT2D eigenvalue weighted by Gasteiger charge is -2.37. The summed E-state index contributed by atoms with van der Waals surface area (Å²) in [6.45, 7) is 11.0. The molecule has 0 aromatic heterocycles. The minimum Gasteiger partial charge on any atom is -0.465 e. The standard InChI is InChI=1S/C29H38N2O5S/c1-4-6-19-36-27(35)23-22-25(33)31(17-10-11-18-32)24(29(22)15-14-28(23,3)37-29)26(34)30(16-5-2)20-21-12-8-7-9-13-21/h4-5,7-9,12-13,22-24,32H,1-2,6,10-11,14-20H2,3H3/t22-,23+,24?,28-,29?/m0/s1. The van der Waals surface area contributed by atoms with Crippen molar-refractivity contribution in [3.8, 4) is 0 Å². The molecule has 2 amide bonds. The minimum atomic E-state index is -0.680. The molecule has 5 atom stereocenters. The van der Waals surface area contributed by atoms with Crippen LogP contribution in [0, 0.1) is 11.8 Å². The molecule has 1 aromatic carbocycles. The maximum Gasteiger partial charge on any atom is 0.311 e. The molecular formula is C29H38N2O5S. The van der Waals surface area contributed by atoms with Crippen LogP contribution in [0.2, 0.25) is 0 Å². The van der Waals surface area contributed by atoms with Crippen LogP contribution in [0.5, 0.6) is 0 Å². The molecule has 4 rings (SSSR count). The number of carbonyl (C=O) groups is 3. The van der Waals surface area contributed by atoms with Crippen molar-refractivity contribution in [2.24, 2.45) is 11.8 Å². The van der Waals surface area contributed by atoms with E-state index in [1.54, 1.807) is 33.7 Å². The largest absolute Gasteiger partial charge is 0.465 e. The monoisotopic (exact) mass is 526 g/mol. The second-order valence-corrected chi connectivity index (χ2v) is 12.3. The molecule has 3 heterocycles. The van der Waals surface area contributed by atoms with Gasteiger partial charge in [0.25, 0.3) is 0 Å². The molecule has 7 nitrogen and oxygen atoms in total. The van der Waals surface area contributed by atoms with Gasteiger partial charge in [0.1, 0.15) is 6.04 Å². The number of hydrogen-bond acceptors (Lipinski definition) is 6. The molecule has 3 aliphatic rings. The summed E-state index contributed by atoms with van der Waals surface area (Å²) in [5.74, 6) is -1.80. The average Bonchev–Trinajstić information content (AvgIpc) is 3.45. The topological polar surface area (TPSA) is 87.1 Å². The second-order valence-electron chi connectivity index (χ2n) is 10.4. The molecule has 3 fully saturated rings. The van der Waals surface area contributed by atoms with E-state index in [4.69, 9.17) is 4.74 Å². The Balaban J connectivity index is 1.69. The molecule has 1 aromatic rings. The third-order valence-electron chi connectivity index (χ3n) is 8.02. The normalized spacial score (nSPS) is 29.7. The number of likely N-dealkylation sites (tertiary alicyclic amines) is 1. The van der Waals surface area contributed by atoms with E-state index in [1.165, 1.54) is 0 Å². The SMILES string of the molecule is C=CCCOC(=O)[C@H]1[C@H]2C(=O)N(CCCCO)C(C(=O)N(CC=C)Cc3ccccc3)C23CC[C@]1(C)S3. The molecule has 3 saturated heterocycles. The number of aliphatic hydroxyl groups is 1. The molecule has 2 unspecified atom stereocenters. The Bertz CT molecular complexity index is 1030. The fourth-order valence-electron chi connectivity index (χ4n) is 6.39. The van der Waals surface area contributed by atoms with Crippen molar-refractivity contribution >= 4 is 29.5 Å². The third kappa shape index (κ3) is 4.98. The number of carbonyl (C=O) groups excluding carboxylic acids is 3. The van der Waals surface area contributed by atoms with Gasteiger partial charge in [-0.2, -0.15) is 0 Å². The zero-order valence-corrected chi connectivity index (χ0v) is 22.5. The molecule has 0 saturated carbocycles. The molecule has 1 spiro atoms. The molecule has 0 radical (unpaired) electrons. The maximum absolute atomic E-state index is 14.3. The van der Waals surface area contributed by atoms with E-state index in [1.807, 2.05) is 37.3 Å². The van der Waals surface area contributed by atoms with E-state index in [-0.39, 0.29) is 31.0 Å². The van der Waals surface area contributed by atoms with Crippen molar-refractivity contribution in [3.63, 3.8) is 0 Å². The fourth-order valence-corrected chi connectivity index (χ4v) is 8.73. The molecule has 0 aliphatic carbocycles. The summed E-state index contributed by atoms with van der Waals surface area (Å²) in [5, 5.41) is 9.36. The van der Waals surface area contributed by atoms with Crippen molar-refractivity contribution < 1.29 is 24.2 Å². The second kappa shape index (κ2) is 11.4. The van der Waals surface area contributed by atoms with Gasteiger partial charge in [-0.05, 0) is 44.6 Å². The number of fused-ring (bicyclic) bond motifs is 1. The first-order valence-corrected chi connectivity index (χ1v) is 14.0. The van der Waals surface area contributed by atoms with Crippen LogP contribution in [-0.4, -0.2) is 74.5 Å². The van der Waals surface area contributed by atoms with Gasteiger partial charge in [0, 0.05) is 31.0 Å². The van der Waals surface area contributed by atoms with Crippen molar-refractivity contribution in [2.75, 3.05) is 26.3 Å². The first-order chi connectivity index (χ1) is 17.8. The minimum absolute atomic E-state index is 0.0247. The summed E-state index contributed by atoms with van der Waals surface area (Å²) >= 11 is 1.65. The number of hydrogen-bond donors (Lipinski definition) is 1. The predicted molar refractivity (Wildman–Crippen MR) is 145 cm³/mol. The molecule has 8 heteroatoms. The lowest BCUT2D eigenvalue weighted by atomic mass is 9.66. The van der Waals surface area contributed by atoms with Gasteiger partial charge >= 0.3 is 5.97 Å². The molecule has 2 bridgehead atoms. The zero-order valence-electron chi connectivity index (χ0n) is 21.6. The van der Waals surface area contributed by atoms with Gasteiger partial charge in [0.15, 0.2) is 0 Å². The smallest absolute Gasteiger partial charge is 0.311 e. The van der Waals surface area contributed by atoms with Crippen LogP contribution in [-0.2, 0) is 25.7 Å². The lowest BCUT2D eigenvalue weighted by molar-refractivity contribution is -0.155. The van der Waals surface area contributed by atoms with Crippen molar-refractivity contribution in [3.05, 3.63) is 61.2 Å². The number of unbranched alkanes of at least 4 members (excludes halogenated alkanes) is 1. The van der Waals surface area contributed by atoms with E-state index in [2.05, 4.69) is 13.2 Å². The highest BCUT2D eigenvalue weighted by molar-refractivity contribution is 8.02. The lowest BCUT2D eigenvalue weighted by Crippen LogP contribution is -2.54. The Labute approximate surface area is 223 Å². The van der Waals surface area contributed by atoms with Crippen LogP contribution in [0.15, 0.2) is 55.6 Å². The van der Waals surface area contributed by atoms with Gasteiger partial charge in [-0.3, -0.25) is 14.4 Å². The molecule has 3 aliphatic heterocycles. The van der Waals surface area contributed by atoms with Gasteiger partial charge in [-0.15, -0.1) is 24.9 Å². The fraction of sp³-hybridized carbons (Fsp3) is 0.552. The number of ether oxygens (including phenoxy) is 1. The summed E-state index contributed by atoms with van der Waals surface area (Å²) in [7, 11) is 0. The molecular weight excluding hydrogens is 488 g/mol. The summed E-state index contributed by atoms with van der Waals surface area (Å²) in [4.78, 5) is 45.2. The van der Waals surface area contributed by atoms with Gasteiger partial charge in [-0.1, -0.05) is 42.5 Å². The highest BCUT2D eigenvalue weighted by atomic mass is 32.2. The summed E-state index contributed by atoms with van der Waals surface area (Å²) < 4.78 is 4.46. The Kier molecular flexibility index (Phi) is 8.49. The van der Waals surface area contributed by atoms with E-state index < -0.39 is 27.4 Å². The van der Waals surface area contributed by atoms with Crippen LogP contribution in [0.4, 0.5) is 0 Å². The van der Waals surface area contributed by atoms with Crippen molar-refractivity contribution in [2.45, 2.75) is 61.1 Å². The van der Waals surface area contributed by atoms with Gasteiger partial charge in [0.05, 0.1) is 23.2 Å². The van der Waals surface area contributed by atoms with Crippen LogP contribution in [0.3, 0.4) is 0 Å².